The third kappa shape index (κ3) is 3.86. The van der Waals surface area contributed by atoms with Crippen molar-refractivity contribution in [1.29, 1.82) is 0 Å². The van der Waals surface area contributed by atoms with Gasteiger partial charge in [0.15, 0.2) is 0 Å². The van der Waals surface area contributed by atoms with Gasteiger partial charge in [0.1, 0.15) is 5.82 Å². The summed E-state index contributed by atoms with van der Waals surface area (Å²) < 4.78 is 1.34. The molecule has 0 aliphatic rings. The fraction of sp³-hybridized carbons (Fsp3) is 0.417. The van der Waals surface area contributed by atoms with Gasteiger partial charge >= 0.3 is 5.69 Å². The van der Waals surface area contributed by atoms with Gasteiger partial charge in [-0.25, -0.2) is 4.79 Å². The molecule has 1 amide bonds. The standard InChI is InChI=1S/C12H17N3O2/c1-8(2)7-9(3)11(16)13-10-5-6-15(4)12(17)14-10/h5-6,9H,1,7H2,2-4H3,(H,13,14,16,17). The lowest BCUT2D eigenvalue weighted by molar-refractivity contribution is -0.119. The van der Waals surface area contributed by atoms with Crippen molar-refractivity contribution in [3.8, 4) is 0 Å². The van der Waals surface area contributed by atoms with Gasteiger partial charge in [0, 0.05) is 19.2 Å². The third-order valence-electron chi connectivity index (χ3n) is 2.33. The molecule has 1 aromatic rings. The Hall–Kier alpha value is -1.91. The topological polar surface area (TPSA) is 64.0 Å². The molecule has 0 saturated heterocycles. The molecule has 1 N–H and O–H groups in total. The number of hydrogen-bond donors (Lipinski definition) is 1. The number of carbonyl (C=O) groups is 1. The fourth-order valence-corrected chi connectivity index (χ4v) is 1.40. The maximum absolute atomic E-state index is 11.7. The van der Waals surface area contributed by atoms with Crippen LogP contribution < -0.4 is 11.0 Å². The number of allylic oxidation sites excluding steroid dienone is 1. The average Bonchev–Trinajstić information content (AvgIpc) is 2.22. The van der Waals surface area contributed by atoms with Gasteiger partial charge < -0.3 is 9.88 Å². The minimum Gasteiger partial charge on any atom is -0.310 e. The molecule has 1 aromatic heterocycles. The van der Waals surface area contributed by atoms with E-state index in [1.807, 2.05) is 13.8 Å². The van der Waals surface area contributed by atoms with Crippen molar-refractivity contribution in [2.75, 3.05) is 5.32 Å². The zero-order valence-corrected chi connectivity index (χ0v) is 10.4. The number of aryl methyl sites for hydroxylation is 1. The van der Waals surface area contributed by atoms with Crippen molar-refractivity contribution in [2.45, 2.75) is 20.3 Å². The third-order valence-corrected chi connectivity index (χ3v) is 2.33. The number of nitrogens with one attached hydrogen (secondary N) is 1. The molecular formula is C12H17N3O2. The van der Waals surface area contributed by atoms with Crippen LogP contribution in [0.2, 0.25) is 0 Å². The molecule has 17 heavy (non-hydrogen) atoms. The molecule has 0 saturated carbocycles. The van der Waals surface area contributed by atoms with Crippen LogP contribution in [-0.2, 0) is 11.8 Å². The Morgan fingerprint density at radius 3 is 2.82 bits per heavy atom. The Balaban J connectivity index is 2.71. The Labute approximate surface area is 100 Å². The lowest BCUT2D eigenvalue weighted by atomic mass is 10.0. The highest BCUT2D eigenvalue weighted by atomic mass is 16.2. The second kappa shape index (κ2) is 5.43. The molecule has 1 heterocycles. The number of nitrogens with zero attached hydrogens (tertiary/aromatic N) is 2. The van der Waals surface area contributed by atoms with E-state index in [0.717, 1.165) is 5.57 Å². The molecule has 0 spiro atoms. The van der Waals surface area contributed by atoms with E-state index in [0.29, 0.717) is 6.42 Å². The van der Waals surface area contributed by atoms with Gasteiger partial charge in [0.05, 0.1) is 0 Å². The van der Waals surface area contributed by atoms with Crippen molar-refractivity contribution in [3.05, 3.63) is 34.9 Å². The number of carbonyl (C=O) groups excluding carboxylic acids is 1. The number of hydrogen-bond acceptors (Lipinski definition) is 3. The van der Waals surface area contributed by atoms with E-state index in [9.17, 15) is 9.59 Å². The SMILES string of the molecule is C=C(C)CC(C)C(=O)Nc1ccn(C)c(=O)n1. The molecule has 0 bridgehead atoms. The molecular weight excluding hydrogens is 218 g/mol. The molecule has 1 rings (SSSR count). The Morgan fingerprint density at radius 2 is 2.29 bits per heavy atom. The van der Waals surface area contributed by atoms with E-state index in [1.165, 1.54) is 4.57 Å². The zero-order chi connectivity index (χ0) is 13.0. The smallest absolute Gasteiger partial charge is 0.310 e. The lowest BCUT2D eigenvalue weighted by Gasteiger charge is -2.11. The van der Waals surface area contributed by atoms with E-state index in [-0.39, 0.29) is 17.6 Å². The summed E-state index contributed by atoms with van der Waals surface area (Å²) in [4.78, 5) is 26.7. The van der Waals surface area contributed by atoms with Crippen LogP contribution in [0.1, 0.15) is 20.3 Å². The van der Waals surface area contributed by atoms with Crippen LogP contribution in [0, 0.1) is 5.92 Å². The quantitative estimate of drug-likeness (QED) is 0.800. The summed E-state index contributed by atoms with van der Waals surface area (Å²) in [5.74, 6) is -0.0567. The maximum Gasteiger partial charge on any atom is 0.349 e. The van der Waals surface area contributed by atoms with Crippen molar-refractivity contribution < 1.29 is 4.79 Å². The van der Waals surface area contributed by atoms with Gasteiger partial charge in [-0.15, -0.1) is 6.58 Å². The van der Waals surface area contributed by atoms with Gasteiger partial charge in [-0.2, -0.15) is 4.98 Å². The number of rotatable bonds is 4. The second-order valence-electron chi connectivity index (χ2n) is 4.26. The van der Waals surface area contributed by atoms with Gasteiger partial charge in [-0.3, -0.25) is 4.79 Å². The number of amides is 1. The van der Waals surface area contributed by atoms with Crippen LogP contribution in [-0.4, -0.2) is 15.5 Å². The van der Waals surface area contributed by atoms with E-state index in [2.05, 4.69) is 16.9 Å². The highest BCUT2D eigenvalue weighted by Crippen LogP contribution is 2.11. The zero-order valence-electron chi connectivity index (χ0n) is 10.4. The van der Waals surface area contributed by atoms with Gasteiger partial charge in [0.2, 0.25) is 5.91 Å². The summed E-state index contributed by atoms with van der Waals surface area (Å²) in [6, 6.07) is 1.59. The minimum atomic E-state index is -0.393. The second-order valence-corrected chi connectivity index (χ2v) is 4.26. The first-order valence-corrected chi connectivity index (χ1v) is 5.39. The van der Waals surface area contributed by atoms with Crippen molar-refractivity contribution in [3.63, 3.8) is 0 Å². The van der Waals surface area contributed by atoms with Gasteiger partial charge in [-0.1, -0.05) is 12.5 Å². The minimum absolute atomic E-state index is 0.159. The Bertz CT molecular complexity index is 491. The normalized spacial score (nSPS) is 11.9. The fourth-order valence-electron chi connectivity index (χ4n) is 1.40. The monoisotopic (exact) mass is 235 g/mol. The molecule has 92 valence electrons. The molecule has 0 radical (unpaired) electrons. The first-order valence-electron chi connectivity index (χ1n) is 5.39. The Morgan fingerprint density at radius 1 is 1.65 bits per heavy atom. The van der Waals surface area contributed by atoms with Crippen molar-refractivity contribution >= 4 is 11.7 Å². The number of anilines is 1. The van der Waals surface area contributed by atoms with Crippen molar-refractivity contribution in [1.82, 2.24) is 9.55 Å². The molecule has 1 unspecified atom stereocenters. The molecule has 0 aromatic carbocycles. The number of aromatic nitrogens is 2. The van der Waals surface area contributed by atoms with Crippen LogP contribution in [0.25, 0.3) is 0 Å². The first kappa shape index (κ1) is 13.2. The summed E-state index contributed by atoms with van der Waals surface area (Å²) in [6.45, 7) is 7.45. The molecule has 5 heteroatoms. The highest BCUT2D eigenvalue weighted by molar-refractivity contribution is 5.91. The summed E-state index contributed by atoms with van der Waals surface area (Å²) >= 11 is 0. The van der Waals surface area contributed by atoms with E-state index in [4.69, 9.17) is 0 Å². The maximum atomic E-state index is 11.7. The summed E-state index contributed by atoms with van der Waals surface area (Å²) in [5.41, 5.74) is 0.555. The predicted molar refractivity (Wildman–Crippen MR) is 66.7 cm³/mol. The molecule has 5 nitrogen and oxygen atoms in total. The van der Waals surface area contributed by atoms with Crippen LogP contribution in [0.3, 0.4) is 0 Å². The summed E-state index contributed by atoms with van der Waals surface area (Å²) in [6.07, 6.45) is 2.19. The molecule has 0 fully saturated rings. The van der Waals surface area contributed by atoms with Crippen molar-refractivity contribution in [2.24, 2.45) is 13.0 Å². The lowest BCUT2D eigenvalue weighted by Crippen LogP contribution is -2.25. The largest absolute Gasteiger partial charge is 0.349 e. The average molecular weight is 235 g/mol. The molecule has 0 aliphatic heterocycles. The van der Waals surface area contributed by atoms with Gasteiger partial charge in [-0.05, 0) is 19.4 Å². The Kier molecular flexibility index (Phi) is 4.20. The summed E-state index contributed by atoms with van der Waals surface area (Å²) in [7, 11) is 1.60. The van der Waals surface area contributed by atoms with E-state index in [1.54, 1.807) is 19.3 Å². The summed E-state index contributed by atoms with van der Waals surface area (Å²) in [5, 5.41) is 2.61. The molecule has 1 atom stereocenters. The van der Waals surface area contributed by atoms with Crippen LogP contribution in [0.5, 0.6) is 0 Å². The first-order chi connectivity index (χ1) is 7.90. The van der Waals surface area contributed by atoms with Gasteiger partial charge in [0.25, 0.3) is 0 Å². The van der Waals surface area contributed by atoms with Crippen LogP contribution in [0.15, 0.2) is 29.2 Å². The highest BCUT2D eigenvalue weighted by Gasteiger charge is 2.13. The van der Waals surface area contributed by atoms with E-state index >= 15 is 0 Å². The van der Waals surface area contributed by atoms with Crippen LogP contribution in [0.4, 0.5) is 5.82 Å². The van der Waals surface area contributed by atoms with Crippen LogP contribution >= 0.6 is 0 Å². The van der Waals surface area contributed by atoms with E-state index < -0.39 is 5.69 Å². The predicted octanol–water partition coefficient (Wildman–Crippen LogP) is 1.32. The molecule has 0 aliphatic carbocycles.